The van der Waals surface area contributed by atoms with Crippen LogP contribution < -0.4 is 5.73 Å². The van der Waals surface area contributed by atoms with Crippen molar-refractivity contribution >= 4 is 23.1 Å². The molecule has 102 valence electrons. The molecule has 0 aromatic rings. The van der Waals surface area contributed by atoms with E-state index in [9.17, 15) is 9.90 Å². The second-order valence-corrected chi connectivity index (χ2v) is 6.42. The summed E-state index contributed by atoms with van der Waals surface area (Å²) in [6.45, 7) is 2.78. The summed E-state index contributed by atoms with van der Waals surface area (Å²) in [5.41, 5.74) is 4.45. The van der Waals surface area contributed by atoms with Gasteiger partial charge >= 0.3 is 0 Å². The fourth-order valence-electron chi connectivity index (χ4n) is 3.14. The number of nitrogens with zero attached hydrogens (tertiary/aromatic N) is 1. The standard InChI is InChI=1S/C13H22N2O2S/c1-12(17)7-8-15(9-12)11(16)13(10(14)18)5-3-2-4-6-13/h17H,2-9H2,1H3,(H2,14,18). The Kier molecular flexibility index (Phi) is 3.65. The van der Waals surface area contributed by atoms with E-state index < -0.39 is 11.0 Å². The van der Waals surface area contributed by atoms with Crippen molar-refractivity contribution in [2.45, 2.75) is 51.0 Å². The van der Waals surface area contributed by atoms with E-state index in [1.807, 2.05) is 0 Å². The molecule has 4 nitrogen and oxygen atoms in total. The van der Waals surface area contributed by atoms with Crippen LogP contribution in [0.3, 0.4) is 0 Å². The van der Waals surface area contributed by atoms with Gasteiger partial charge in [-0.05, 0) is 26.2 Å². The van der Waals surface area contributed by atoms with Crippen LogP contribution in [0.4, 0.5) is 0 Å². The molecule has 1 aliphatic heterocycles. The third kappa shape index (κ3) is 2.38. The molecule has 1 aliphatic carbocycles. The molecule has 1 atom stereocenters. The number of hydrogen-bond acceptors (Lipinski definition) is 3. The first-order valence-corrected chi connectivity index (χ1v) is 7.10. The Hall–Kier alpha value is -0.680. The average molecular weight is 270 g/mol. The molecular weight excluding hydrogens is 248 g/mol. The van der Waals surface area contributed by atoms with Crippen LogP contribution in [0.25, 0.3) is 0 Å². The van der Waals surface area contributed by atoms with Gasteiger partial charge in [0.15, 0.2) is 0 Å². The summed E-state index contributed by atoms with van der Waals surface area (Å²) >= 11 is 5.16. The molecule has 0 bridgehead atoms. The van der Waals surface area contributed by atoms with Gasteiger partial charge in [-0.15, -0.1) is 0 Å². The number of thiocarbonyl (C=S) groups is 1. The normalized spacial score (nSPS) is 31.3. The third-order valence-electron chi connectivity index (χ3n) is 4.33. The predicted molar refractivity (Wildman–Crippen MR) is 74.1 cm³/mol. The van der Waals surface area contributed by atoms with Crippen LogP contribution in [0.15, 0.2) is 0 Å². The summed E-state index contributed by atoms with van der Waals surface area (Å²) in [5.74, 6) is 0.0347. The van der Waals surface area contributed by atoms with Gasteiger partial charge in [-0.25, -0.2) is 0 Å². The highest BCUT2D eigenvalue weighted by Crippen LogP contribution is 2.39. The summed E-state index contributed by atoms with van der Waals surface area (Å²) in [6, 6.07) is 0. The molecule has 0 aromatic heterocycles. The number of nitrogens with two attached hydrogens (primary N) is 1. The van der Waals surface area contributed by atoms with Crippen LogP contribution in [0.2, 0.25) is 0 Å². The van der Waals surface area contributed by atoms with Crippen molar-refractivity contribution in [1.82, 2.24) is 4.90 Å². The second-order valence-electron chi connectivity index (χ2n) is 5.98. The van der Waals surface area contributed by atoms with Crippen molar-refractivity contribution in [3.8, 4) is 0 Å². The van der Waals surface area contributed by atoms with E-state index in [4.69, 9.17) is 18.0 Å². The molecule has 2 aliphatic rings. The SMILES string of the molecule is CC1(O)CCN(C(=O)C2(C(N)=S)CCCCC2)C1. The van der Waals surface area contributed by atoms with E-state index in [2.05, 4.69) is 0 Å². The van der Waals surface area contributed by atoms with E-state index in [0.717, 1.165) is 32.1 Å². The van der Waals surface area contributed by atoms with Gasteiger partial charge in [0.1, 0.15) is 0 Å². The third-order valence-corrected chi connectivity index (χ3v) is 4.72. The molecule has 18 heavy (non-hydrogen) atoms. The topological polar surface area (TPSA) is 66.6 Å². The van der Waals surface area contributed by atoms with Crippen LogP contribution in [0.1, 0.15) is 45.4 Å². The van der Waals surface area contributed by atoms with Gasteiger partial charge in [0.05, 0.1) is 16.0 Å². The first-order valence-electron chi connectivity index (χ1n) is 6.69. The van der Waals surface area contributed by atoms with Crippen LogP contribution in [0.5, 0.6) is 0 Å². The lowest BCUT2D eigenvalue weighted by Gasteiger charge is -2.38. The minimum Gasteiger partial charge on any atom is -0.392 e. The van der Waals surface area contributed by atoms with Gasteiger partial charge in [-0.2, -0.15) is 0 Å². The minimum atomic E-state index is -0.762. The molecule has 1 unspecified atom stereocenters. The number of β-amino-alcohol motifs (C(OH)–C–C–N with tert-alkyl or cyclic N) is 1. The highest BCUT2D eigenvalue weighted by Gasteiger charge is 2.47. The molecule has 1 amide bonds. The fourth-order valence-corrected chi connectivity index (χ4v) is 3.43. The van der Waals surface area contributed by atoms with E-state index in [1.54, 1.807) is 11.8 Å². The smallest absolute Gasteiger partial charge is 0.235 e. The van der Waals surface area contributed by atoms with E-state index >= 15 is 0 Å². The highest BCUT2D eigenvalue weighted by atomic mass is 32.1. The molecule has 2 fully saturated rings. The maximum atomic E-state index is 12.7. The first-order chi connectivity index (χ1) is 8.37. The number of carbonyl (C=O) groups excluding carboxylic acids is 1. The number of amides is 1. The van der Waals surface area contributed by atoms with E-state index in [-0.39, 0.29) is 5.91 Å². The van der Waals surface area contributed by atoms with Gasteiger partial charge in [-0.3, -0.25) is 4.79 Å². The summed E-state index contributed by atoms with van der Waals surface area (Å²) in [5, 5.41) is 9.98. The van der Waals surface area contributed by atoms with Crippen LogP contribution >= 0.6 is 12.2 Å². The van der Waals surface area contributed by atoms with Crippen LogP contribution in [-0.2, 0) is 4.79 Å². The maximum absolute atomic E-state index is 12.7. The molecule has 1 saturated heterocycles. The average Bonchev–Trinajstić information content (AvgIpc) is 2.69. The number of carbonyl (C=O) groups is 1. The molecule has 1 saturated carbocycles. The van der Waals surface area contributed by atoms with Gasteiger partial charge < -0.3 is 15.7 Å². The Balaban J connectivity index is 2.17. The van der Waals surface area contributed by atoms with Gasteiger partial charge in [0.2, 0.25) is 5.91 Å². The molecular formula is C13H22N2O2S. The zero-order chi connectivity index (χ0) is 13.4. The molecule has 5 heteroatoms. The summed E-state index contributed by atoms with van der Waals surface area (Å²) < 4.78 is 0. The van der Waals surface area contributed by atoms with Crippen molar-refractivity contribution in [2.75, 3.05) is 13.1 Å². The van der Waals surface area contributed by atoms with Gasteiger partial charge in [0, 0.05) is 13.1 Å². The summed E-state index contributed by atoms with van der Waals surface area (Å²) in [6.07, 6.45) is 5.32. The Morgan fingerprint density at radius 1 is 1.28 bits per heavy atom. The minimum absolute atomic E-state index is 0.0347. The maximum Gasteiger partial charge on any atom is 0.235 e. The predicted octanol–water partition coefficient (Wildman–Crippen LogP) is 1.21. The molecule has 2 rings (SSSR count). The zero-order valence-electron chi connectivity index (χ0n) is 10.9. The Morgan fingerprint density at radius 3 is 2.33 bits per heavy atom. The van der Waals surface area contributed by atoms with E-state index in [1.165, 1.54) is 0 Å². The molecule has 0 aromatic carbocycles. The molecule has 0 spiro atoms. The largest absolute Gasteiger partial charge is 0.392 e. The summed E-state index contributed by atoms with van der Waals surface area (Å²) in [4.78, 5) is 14.8. The van der Waals surface area contributed by atoms with Crippen molar-refractivity contribution in [2.24, 2.45) is 11.1 Å². The molecule has 0 radical (unpaired) electrons. The van der Waals surface area contributed by atoms with Crippen molar-refractivity contribution in [3.63, 3.8) is 0 Å². The number of aliphatic hydroxyl groups is 1. The lowest BCUT2D eigenvalue weighted by atomic mass is 9.73. The monoisotopic (exact) mass is 270 g/mol. The fraction of sp³-hybridized carbons (Fsp3) is 0.846. The van der Waals surface area contributed by atoms with Crippen molar-refractivity contribution < 1.29 is 9.90 Å². The Morgan fingerprint density at radius 2 is 1.89 bits per heavy atom. The van der Waals surface area contributed by atoms with Gasteiger partial charge in [-0.1, -0.05) is 31.5 Å². The van der Waals surface area contributed by atoms with Crippen molar-refractivity contribution in [1.29, 1.82) is 0 Å². The van der Waals surface area contributed by atoms with Crippen LogP contribution in [-0.4, -0.2) is 39.6 Å². The van der Waals surface area contributed by atoms with E-state index in [0.29, 0.717) is 24.5 Å². The number of rotatable bonds is 2. The second kappa shape index (κ2) is 4.78. The number of hydrogen-bond donors (Lipinski definition) is 2. The molecule has 1 heterocycles. The summed E-state index contributed by atoms with van der Waals surface area (Å²) in [7, 11) is 0. The number of likely N-dealkylation sites (tertiary alicyclic amines) is 1. The van der Waals surface area contributed by atoms with Crippen molar-refractivity contribution in [3.05, 3.63) is 0 Å². The van der Waals surface area contributed by atoms with Gasteiger partial charge in [0.25, 0.3) is 0 Å². The molecule has 3 N–H and O–H groups in total. The lowest BCUT2D eigenvalue weighted by molar-refractivity contribution is -0.139. The highest BCUT2D eigenvalue weighted by molar-refractivity contribution is 7.80. The first kappa shape index (κ1) is 13.7. The Bertz CT molecular complexity index is 362. The van der Waals surface area contributed by atoms with Crippen LogP contribution in [0, 0.1) is 5.41 Å². The quantitative estimate of drug-likeness (QED) is 0.740. The zero-order valence-corrected chi connectivity index (χ0v) is 11.8. The lowest BCUT2D eigenvalue weighted by Crippen LogP contribution is -2.51. The Labute approximate surface area is 114 Å².